The Morgan fingerprint density at radius 3 is 1.34 bits per heavy atom. The molecule has 0 radical (unpaired) electrons. The summed E-state index contributed by atoms with van der Waals surface area (Å²) >= 11 is 0. The van der Waals surface area contributed by atoms with Gasteiger partial charge >= 0.3 is 17.9 Å². The van der Waals surface area contributed by atoms with Crippen LogP contribution in [-0.4, -0.2) is 37.7 Å². The number of hydrogen-bond acceptors (Lipinski definition) is 6. The van der Waals surface area contributed by atoms with Crippen molar-refractivity contribution in [2.24, 2.45) is 0 Å². The molecule has 0 saturated carbocycles. The van der Waals surface area contributed by atoms with E-state index < -0.39 is 0 Å². The van der Waals surface area contributed by atoms with Gasteiger partial charge in [0.2, 0.25) is 0 Å². The average Bonchev–Trinajstić information content (AvgIpc) is 3.32. The number of esters is 3. The molecule has 1 aliphatic carbocycles. The minimum atomic E-state index is -0.386. The maximum absolute atomic E-state index is 12.7. The molecule has 4 aromatic carbocycles. The van der Waals surface area contributed by atoms with Gasteiger partial charge in [-0.25, -0.2) is 14.4 Å². The van der Waals surface area contributed by atoms with Gasteiger partial charge in [-0.05, 0) is 102 Å². The Bertz CT molecular complexity index is 1580. The molecule has 6 heteroatoms. The van der Waals surface area contributed by atoms with Crippen molar-refractivity contribution >= 4 is 29.1 Å². The summed E-state index contributed by atoms with van der Waals surface area (Å²) in [5.41, 5.74) is 8.90. The van der Waals surface area contributed by atoms with Gasteiger partial charge in [-0.15, -0.1) is 0 Å². The molecular formula is C35H30O6. The largest absolute Gasteiger partial charge is 0.462 e. The predicted molar refractivity (Wildman–Crippen MR) is 158 cm³/mol. The van der Waals surface area contributed by atoms with Crippen LogP contribution in [0.25, 0.3) is 22.3 Å². The second kappa shape index (κ2) is 12.0. The van der Waals surface area contributed by atoms with E-state index in [1.807, 2.05) is 48.5 Å². The topological polar surface area (TPSA) is 78.9 Å². The molecule has 0 fully saturated rings. The first kappa shape index (κ1) is 27.6. The fourth-order valence-corrected chi connectivity index (χ4v) is 5.11. The van der Waals surface area contributed by atoms with Crippen molar-refractivity contribution in [2.75, 3.05) is 19.8 Å². The van der Waals surface area contributed by atoms with Gasteiger partial charge in [0.05, 0.1) is 36.5 Å². The standard InChI is InChI=1S/C35H30O6/c1-4-39-33(36)24-15-11-22(12-16-24)31(23-13-17-25(18-14-23)34(37)40-5-2)32-29-10-8-7-9-27(29)28-20-19-26(21-30(28)32)35(38)41-6-3/h7-21H,4-6H2,1-3H3. The van der Waals surface area contributed by atoms with E-state index in [0.29, 0.717) is 29.9 Å². The van der Waals surface area contributed by atoms with Gasteiger partial charge in [-0.1, -0.05) is 54.6 Å². The first-order valence-corrected chi connectivity index (χ1v) is 13.7. The quantitative estimate of drug-likeness (QED) is 0.151. The maximum Gasteiger partial charge on any atom is 0.338 e. The SMILES string of the molecule is CCOC(=O)c1ccc(C(=C2c3ccccc3-c3ccc(C(=O)OCC)cc32)c2ccc(C(=O)OCC)cc2)cc1. The number of carbonyl (C=O) groups excluding carboxylic acids is 3. The highest BCUT2D eigenvalue weighted by molar-refractivity contribution is 6.14. The van der Waals surface area contributed by atoms with Crippen LogP contribution in [0.4, 0.5) is 0 Å². The number of ether oxygens (including phenoxy) is 3. The summed E-state index contributed by atoms with van der Waals surface area (Å²) in [6.45, 7) is 6.19. The van der Waals surface area contributed by atoms with Crippen molar-refractivity contribution in [2.45, 2.75) is 20.8 Å². The summed E-state index contributed by atoms with van der Waals surface area (Å²) in [4.78, 5) is 37.5. The first-order valence-electron chi connectivity index (χ1n) is 13.7. The lowest BCUT2D eigenvalue weighted by Gasteiger charge is -2.16. The molecule has 6 nitrogen and oxygen atoms in total. The van der Waals surface area contributed by atoms with E-state index in [0.717, 1.165) is 44.5 Å². The third-order valence-electron chi connectivity index (χ3n) is 6.91. The lowest BCUT2D eigenvalue weighted by molar-refractivity contribution is 0.0516. The lowest BCUT2D eigenvalue weighted by atomic mass is 9.87. The van der Waals surface area contributed by atoms with E-state index in [1.54, 1.807) is 51.1 Å². The maximum atomic E-state index is 12.7. The van der Waals surface area contributed by atoms with Gasteiger partial charge in [0.1, 0.15) is 0 Å². The molecule has 0 unspecified atom stereocenters. The molecule has 0 bridgehead atoms. The molecule has 4 aromatic rings. The highest BCUT2D eigenvalue weighted by atomic mass is 16.5. The number of fused-ring (bicyclic) bond motifs is 3. The zero-order valence-corrected chi connectivity index (χ0v) is 23.2. The summed E-state index contributed by atoms with van der Waals surface area (Å²) in [5, 5.41) is 0. The van der Waals surface area contributed by atoms with Gasteiger partial charge in [-0.2, -0.15) is 0 Å². The van der Waals surface area contributed by atoms with Crippen LogP contribution in [0.15, 0.2) is 91.0 Å². The van der Waals surface area contributed by atoms with Crippen LogP contribution in [0.5, 0.6) is 0 Å². The third kappa shape index (κ3) is 5.41. The average molecular weight is 547 g/mol. The van der Waals surface area contributed by atoms with Crippen molar-refractivity contribution in [3.8, 4) is 11.1 Å². The second-order valence-electron chi connectivity index (χ2n) is 9.37. The number of benzene rings is 4. The van der Waals surface area contributed by atoms with Crippen LogP contribution in [0, 0.1) is 0 Å². The van der Waals surface area contributed by atoms with E-state index in [4.69, 9.17) is 14.2 Å². The predicted octanol–water partition coefficient (Wildman–Crippen LogP) is 7.20. The minimum Gasteiger partial charge on any atom is -0.462 e. The highest BCUT2D eigenvalue weighted by Gasteiger charge is 2.28. The molecule has 0 aliphatic heterocycles. The molecule has 0 N–H and O–H groups in total. The van der Waals surface area contributed by atoms with Gasteiger partial charge < -0.3 is 14.2 Å². The van der Waals surface area contributed by atoms with Crippen LogP contribution in [0.3, 0.4) is 0 Å². The van der Waals surface area contributed by atoms with E-state index in [1.165, 1.54) is 0 Å². The zero-order chi connectivity index (χ0) is 28.9. The molecule has 0 aromatic heterocycles. The van der Waals surface area contributed by atoms with E-state index in [9.17, 15) is 14.4 Å². The molecule has 5 rings (SSSR count). The fraction of sp³-hybridized carbons (Fsp3) is 0.171. The minimum absolute atomic E-state index is 0.281. The molecule has 0 atom stereocenters. The molecule has 0 heterocycles. The van der Waals surface area contributed by atoms with E-state index in [-0.39, 0.29) is 24.5 Å². The summed E-state index contributed by atoms with van der Waals surface area (Å²) in [7, 11) is 0. The Morgan fingerprint density at radius 1 is 0.463 bits per heavy atom. The molecule has 206 valence electrons. The van der Waals surface area contributed by atoms with Crippen LogP contribution in [-0.2, 0) is 14.2 Å². The first-order chi connectivity index (χ1) is 20.0. The van der Waals surface area contributed by atoms with E-state index in [2.05, 4.69) is 12.1 Å². The van der Waals surface area contributed by atoms with Crippen molar-refractivity contribution in [1.29, 1.82) is 0 Å². The molecule has 1 aliphatic rings. The van der Waals surface area contributed by atoms with E-state index >= 15 is 0 Å². The Morgan fingerprint density at radius 2 is 0.854 bits per heavy atom. The molecule has 0 amide bonds. The Balaban J connectivity index is 1.76. The van der Waals surface area contributed by atoms with Gasteiger partial charge in [-0.3, -0.25) is 0 Å². The third-order valence-corrected chi connectivity index (χ3v) is 6.91. The highest BCUT2D eigenvalue weighted by Crippen LogP contribution is 2.49. The van der Waals surface area contributed by atoms with Crippen LogP contribution >= 0.6 is 0 Å². The fourth-order valence-electron chi connectivity index (χ4n) is 5.11. The smallest absolute Gasteiger partial charge is 0.338 e. The monoisotopic (exact) mass is 546 g/mol. The summed E-state index contributed by atoms with van der Waals surface area (Å²) in [6, 6.07) is 28.3. The molecule has 0 saturated heterocycles. The van der Waals surface area contributed by atoms with Crippen molar-refractivity contribution < 1.29 is 28.6 Å². The molecular weight excluding hydrogens is 516 g/mol. The van der Waals surface area contributed by atoms with Gasteiger partial charge in [0.15, 0.2) is 0 Å². The Labute approximate surface area is 239 Å². The summed E-state index contributed by atoms with van der Waals surface area (Å²) in [6.07, 6.45) is 0. The van der Waals surface area contributed by atoms with Gasteiger partial charge in [0, 0.05) is 0 Å². The van der Waals surface area contributed by atoms with Crippen LogP contribution < -0.4 is 0 Å². The van der Waals surface area contributed by atoms with Crippen molar-refractivity contribution in [3.63, 3.8) is 0 Å². The number of hydrogen-bond donors (Lipinski definition) is 0. The number of carbonyl (C=O) groups is 3. The van der Waals surface area contributed by atoms with Crippen molar-refractivity contribution in [3.05, 3.63) is 130 Å². The molecule has 41 heavy (non-hydrogen) atoms. The van der Waals surface area contributed by atoms with Gasteiger partial charge in [0.25, 0.3) is 0 Å². The van der Waals surface area contributed by atoms with Crippen LogP contribution in [0.1, 0.15) is 74.1 Å². The normalized spacial score (nSPS) is 11.3. The molecule has 0 spiro atoms. The summed E-state index contributed by atoms with van der Waals surface area (Å²) in [5.74, 6) is -1.16. The second-order valence-corrected chi connectivity index (χ2v) is 9.37. The Hall–Kier alpha value is -4.97. The number of rotatable bonds is 8. The van der Waals surface area contributed by atoms with Crippen LogP contribution in [0.2, 0.25) is 0 Å². The van der Waals surface area contributed by atoms with Crippen molar-refractivity contribution in [1.82, 2.24) is 0 Å². The zero-order valence-electron chi connectivity index (χ0n) is 23.2. The summed E-state index contributed by atoms with van der Waals surface area (Å²) < 4.78 is 15.7. The Kier molecular flexibility index (Phi) is 8.11. The lowest BCUT2D eigenvalue weighted by Crippen LogP contribution is -2.06.